The van der Waals surface area contributed by atoms with Crippen LogP contribution in [0.4, 0.5) is 18.9 Å². The molecule has 0 unspecified atom stereocenters. The van der Waals surface area contributed by atoms with Crippen LogP contribution in [0.3, 0.4) is 0 Å². The smallest absolute Gasteiger partial charge is 0.418 e. The molecule has 1 N–H and O–H groups in total. The molecule has 2 rings (SSSR count). The summed E-state index contributed by atoms with van der Waals surface area (Å²) in [4.78, 5) is 39.3. The Bertz CT molecular complexity index is 850. The molecule has 0 aliphatic carbocycles. The maximum absolute atomic E-state index is 12.9. The first-order chi connectivity index (χ1) is 12.2. The predicted octanol–water partition coefficient (Wildman–Crippen LogP) is 2.89. The van der Waals surface area contributed by atoms with Crippen molar-refractivity contribution >= 4 is 23.2 Å². The van der Waals surface area contributed by atoms with Crippen molar-refractivity contribution < 1.29 is 32.3 Å². The lowest BCUT2D eigenvalue weighted by molar-refractivity contribution is -0.137. The van der Waals surface area contributed by atoms with Crippen molar-refractivity contribution in [3.05, 3.63) is 53.9 Å². The van der Waals surface area contributed by atoms with E-state index < -0.39 is 41.3 Å². The number of hydrogen-bond donors (Lipinski definition) is 1. The van der Waals surface area contributed by atoms with Crippen molar-refractivity contribution in [2.45, 2.75) is 12.6 Å². The van der Waals surface area contributed by atoms with Gasteiger partial charge in [0.05, 0.1) is 31.0 Å². The molecule has 9 heteroatoms. The topological polar surface area (TPSA) is 85.4 Å². The number of pyridine rings is 1. The lowest BCUT2D eigenvalue weighted by atomic mass is 10.1. The Hall–Kier alpha value is -3.23. The van der Waals surface area contributed by atoms with Gasteiger partial charge in [-0.3, -0.25) is 19.4 Å². The Balaban J connectivity index is 2.09. The van der Waals surface area contributed by atoms with Gasteiger partial charge in [0.15, 0.2) is 5.78 Å². The van der Waals surface area contributed by atoms with Gasteiger partial charge >= 0.3 is 6.18 Å². The van der Waals surface area contributed by atoms with Gasteiger partial charge in [-0.2, -0.15) is 13.2 Å². The van der Waals surface area contributed by atoms with Gasteiger partial charge < -0.3 is 10.1 Å². The SMILES string of the molecule is COc1cccc(C(=O)CC(=O)C(=O)Nc2cnccc2C(F)(F)F)c1. The molecule has 1 aromatic carbocycles. The first-order valence-corrected chi connectivity index (χ1v) is 7.25. The van der Waals surface area contributed by atoms with Crippen LogP contribution in [0.2, 0.25) is 0 Å². The number of hydrogen-bond acceptors (Lipinski definition) is 5. The maximum Gasteiger partial charge on any atom is 0.418 e. The molecule has 0 fully saturated rings. The van der Waals surface area contributed by atoms with Crippen LogP contribution in [0, 0.1) is 0 Å². The standard InChI is InChI=1S/C17H13F3N2O4/c1-26-11-4-2-3-10(7-11)14(23)8-15(24)16(25)22-13-9-21-6-5-12(13)17(18,19)20/h2-7,9H,8H2,1H3,(H,22,25). The number of Topliss-reactive ketones (excluding diaryl/α,β-unsaturated/α-hetero) is 2. The Morgan fingerprint density at radius 1 is 1.19 bits per heavy atom. The average Bonchev–Trinajstić information content (AvgIpc) is 2.61. The molecule has 0 saturated heterocycles. The molecule has 0 bridgehead atoms. The van der Waals surface area contributed by atoms with Crippen LogP contribution in [-0.4, -0.2) is 29.6 Å². The highest BCUT2D eigenvalue weighted by atomic mass is 19.4. The maximum atomic E-state index is 12.9. The van der Waals surface area contributed by atoms with Crippen molar-refractivity contribution in [1.29, 1.82) is 0 Å². The fourth-order valence-corrected chi connectivity index (χ4v) is 2.06. The summed E-state index contributed by atoms with van der Waals surface area (Å²) in [5.41, 5.74) is -1.66. The van der Waals surface area contributed by atoms with E-state index >= 15 is 0 Å². The molecule has 0 radical (unpaired) electrons. The first-order valence-electron chi connectivity index (χ1n) is 7.25. The molecule has 1 heterocycles. The third-order valence-corrected chi connectivity index (χ3v) is 3.34. The van der Waals surface area contributed by atoms with E-state index in [1.54, 1.807) is 6.07 Å². The number of aromatic nitrogens is 1. The second kappa shape index (κ2) is 7.77. The van der Waals surface area contributed by atoms with Crippen molar-refractivity contribution in [3.63, 3.8) is 0 Å². The number of nitrogens with one attached hydrogen (secondary N) is 1. The lowest BCUT2D eigenvalue weighted by Crippen LogP contribution is -2.26. The number of carbonyl (C=O) groups excluding carboxylic acids is 3. The number of ketones is 2. The van der Waals surface area contributed by atoms with Gasteiger partial charge in [-0.05, 0) is 18.2 Å². The molecule has 0 saturated carbocycles. The number of ether oxygens (including phenoxy) is 1. The number of anilines is 1. The molecule has 2 aromatic rings. The molecular weight excluding hydrogens is 353 g/mol. The first kappa shape index (κ1) is 19.1. The third-order valence-electron chi connectivity index (χ3n) is 3.34. The summed E-state index contributed by atoms with van der Waals surface area (Å²) in [6.07, 6.45) is -3.84. The van der Waals surface area contributed by atoms with Gasteiger partial charge in [0, 0.05) is 11.8 Å². The molecule has 0 aliphatic heterocycles. The lowest BCUT2D eigenvalue weighted by Gasteiger charge is -2.12. The molecule has 1 aromatic heterocycles. The molecule has 6 nitrogen and oxygen atoms in total. The quantitative estimate of drug-likeness (QED) is 0.483. The second-order valence-corrected chi connectivity index (χ2v) is 5.13. The van der Waals surface area contributed by atoms with E-state index in [0.717, 1.165) is 12.4 Å². The number of amides is 1. The van der Waals surface area contributed by atoms with Crippen LogP contribution in [0.15, 0.2) is 42.7 Å². The number of benzene rings is 1. The number of nitrogens with zero attached hydrogens (tertiary/aromatic N) is 1. The van der Waals surface area contributed by atoms with Gasteiger partial charge in [-0.25, -0.2) is 0 Å². The van der Waals surface area contributed by atoms with E-state index in [-0.39, 0.29) is 5.56 Å². The average molecular weight is 366 g/mol. The highest BCUT2D eigenvalue weighted by Crippen LogP contribution is 2.34. The molecule has 1 amide bonds. The van der Waals surface area contributed by atoms with E-state index in [2.05, 4.69) is 4.98 Å². The van der Waals surface area contributed by atoms with Crippen LogP contribution in [0.1, 0.15) is 22.3 Å². The number of alkyl halides is 3. The van der Waals surface area contributed by atoms with E-state index in [1.807, 2.05) is 5.32 Å². The van der Waals surface area contributed by atoms with Crippen molar-refractivity contribution in [3.8, 4) is 5.75 Å². The Morgan fingerprint density at radius 2 is 1.92 bits per heavy atom. The van der Waals surface area contributed by atoms with E-state index in [0.29, 0.717) is 11.8 Å². The van der Waals surface area contributed by atoms with Crippen molar-refractivity contribution in [2.75, 3.05) is 12.4 Å². The third kappa shape index (κ3) is 4.65. The normalized spacial score (nSPS) is 10.9. The summed E-state index contributed by atoms with van der Waals surface area (Å²) in [7, 11) is 1.40. The Kier molecular flexibility index (Phi) is 5.71. The number of halogens is 3. The molecule has 0 spiro atoms. The van der Waals surface area contributed by atoms with Crippen LogP contribution >= 0.6 is 0 Å². The van der Waals surface area contributed by atoms with Crippen LogP contribution in [0.5, 0.6) is 5.75 Å². The minimum Gasteiger partial charge on any atom is -0.497 e. The highest BCUT2D eigenvalue weighted by molar-refractivity contribution is 6.44. The van der Waals surface area contributed by atoms with E-state index in [9.17, 15) is 27.6 Å². The molecule has 136 valence electrons. The van der Waals surface area contributed by atoms with E-state index in [4.69, 9.17) is 4.74 Å². The zero-order valence-corrected chi connectivity index (χ0v) is 13.5. The Morgan fingerprint density at radius 3 is 2.58 bits per heavy atom. The number of rotatable bonds is 6. The number of carbonyl (C=O) groups is 3. The summed E-state index contributed by atoms with van der Waals surface area (Å²) in [6, 6.07) is 6.60. The van der Waals surface area contributed by atoms with E-state index in [1.165, 1.54) is 25.3 Å². The second-order valence-electron chi connectivity index (χ2n) is 5.13. The summed E-state index contributed by atoms with van der Waals surface area (Å²) in [5, 5.41) is 1.85. The van der Waals surface area contributed by atoms with Crippen LogP contribution in [-0.2, 0) is 15.8 Å². The van der Waals surface area contributed by atoms with Gasteiger partial charge in [0.2, 0.25) is 5.78 Å². The predicted molar refractivity (Wildman–Crippen MR) is 84.8 cm³/mol. The van der Waals surface area contributed by atoms with Crippen LogP contribution in [0.25, 0.3) is 0 Å². The minimum atomic E-state index is -4.73. The summed E-state index contributed by atoms with van der Waals surface area (Å²) < 4.78 is 43.6. The molecular formula is C17H13F3N2O4. The molecule has 0 aliphatic rings. The van der Waals surface area contributed by atoms with Gasteiger partial charge in [0.1, 0.15) is 5.75 Å². The molecule has 0 atom stereocenters. The van der Waals surface area contributed by atoms with Crippen molar-refractivity contribution in [2.24, 2.45) is 0 Å². The van der Waals surface area contributed by atoms with Gasteiger partial charge in [-0.1, -0.05) is 12.1 Å². The summed E-state index contributed by atoms with van der Waals surface area (Å²) in [6.45, 7) is 0. The largest absolute Gasteiger partial charge is 0.497 e. The summed E-state index contributed by atoms with van der Waals surface area (Å²) in [5.74, 6) is -2.78. The van der Waals surface area contributed by atoms with Gasteiger partial charge in [-0.15, -0.1) is 0 Å². The number of methoxy groups -OCH3 is 1. The monoisotopic (exact) mass is 366 g/mol. The fourth-order valence-electron chi connectivity index (χ4n) is 2.06. The Labute approximate surface area is 146 Å². The molecule has 26 heavy (non-hydrogen) atoms. The zero-order chi connectivity index (χ0) is 19.3. The van der Waals surface area contributed by atoms with Gasteiger partial charge in [0.25, 0.3) is 5.91 Å². The fraction of sp³-hybridized carbons (Fsp3) is 0.176. The highest BCUT2D eigenvalue weighted by Gasteiger charge is 2.34. The minimum absolute atomic E-state index is 0.142. The van der Waals surface area contributed by atoms with Crippen molar-refractivity contribution in [1.82, 2.24) is 4.98 Å². The zero-order valence-electron chi connectivity index (χ0n) is 13.5. The summed E-state index contributed by atoms with van der Waals surface area (Å²) >= 11 is 0. The van der Waals surface area contributed by atoms with Crippen LogP contribution < -0.4 is 10.1 Å².